The highest BCUT2D eigenvalue weighted by Gasteiger charge is 2.26. The van der Waals surface area contributed by atoms with Crippen LogP contribution in [-0.2, 0) is 0 Å². The lowest BCUT2D eigenvalue weighted by Gasteiger charge is -2.13. The van der Waals surface area contributed by atoms with Gasteiger partial charge in [0.15, 0.2) is 5.65 Å². The highest BCUT2D eigenvalue weighted by molar-refractivity contribution is 6.23. The highest BCUT2D eigenvalue weighted by Crippen LogP contribution is 2.43. The zero-order valence-corrected chi connectivity index (χ0v) is 28.7. The third-order valence-electron chi connectivity index (χ3n) is 9.23. The Hall–Kier alpha value is -6.72. The number of fused-ring (bicyclic) bond motifs is 7. The number of hydrogen-bond donors (Lipinski definition) is 1. The van der Waals surface area contributed by atoms with Crippen LogP contribution >= 0.6 is 0 Å². The average Bonchev–Trinajstić information content (AvgIpc) is 3.86. The van der Waals surface area contributed by atoms with Crippen LogP contribution in [0.1, 0.15) is 19.4 Å². The summed E-state index contributed by atoms with van der Waals surface area (Å²) in [5.41, 5.74) is 10.6. The molecular weight excluding hydrogens is 623 g/mol. The SMILES string of the molecule is C=C/C=C\C(=N)c1cccc(-n2c3ccccc3c3ccc4c5c(nc(-c6ccccc6)n5-c5ccccc5)n(-c5ccccc5)c4c32)c1.CC. The summed E-state index contributed by atoms with van der Waals surface area (Å²) in [4.78, 5) is 5.47. The largest absolute Gasteiger partial charge is 0.307 e. The molecule has 0 saturated heterocycles. The Morgan fingerprint density at radius 1 is 0.569 bits per heavy atom. The number of aromatic nitrogens is 4. The number of rotatable bonds is 7. The molecule has 0 fully saturated rings. The van der Waals surface area contributed by atoms with E-state index in [9.17, 15) is 0 Å². The van der Waals surface area contributed by atoms with Crippen molar-refractivity contribution < 1.29 is 0 Å². The molecule has 0 saturated carbocycles. The molecule has 0 aliphatic heterocycles. The molecule has 5 heteroatoms. The number of imidazole rings is 1. The van der Waals surface area contributed by atoms with Gasteiger partial charge < -0.3 is 9.98 Å². The molecule has 9 rings (SSSR count). The van der Waals surface area contributed by atoms with E-state index >= 15 is 0 Å². The second kappa shape index (κ2) is 13.3. The first-order valence-electron chi connectivity index (χ1n) is 17.4. The van der Waals surface area contributed by atoms with E-state index in [4.69, 9.17) is 10.4 Å². The molecule has 51 heavy (non-hydrogen) atoms. The Kier molecular flexibility index (Phi) is 8.22. The summed E-state index contributed by atoms with van der Waals surface area (Å²) in [7, 11) is 0. The predicted molar refractivity (Wildman–Crippen MR) is 215 cm³/mol. The van der Waals surface area contributed by atoms with E-state index in [1.54, 1.807) is 18.2 Å². The van der Waals surface area contributed by atoms with Gasteiger partial charge in [0.2, 0.25) is 0 Å². The predicted octanol–water partition coefficient (Wildman–Crippen LogP) is 11.9. The summed E-state index contributed by atoms with van der Waals surface area (Å²) in [5.74, 6) is 0.891. The molecule has 5 nitrogen and oxygen atoms in total. The molecule has 0 amide bonds. The van der Waals surface area contributed by atoms with Crippen LogP contribution < -0.4 is 0 Å². The first kappa shape index (κ1) is 31.5. The van der Waals surface area contributed by atoms with E-state index < -0.39 is 0 Å². The van der Waals surface area contributed by atoms with E-state index in [2.05, 4.69) is 154 Å². The van der Waals surface area contributed by atoms with Crippen LogP contribution in [0.3, 0.4) is 0 Å². The fourth-order valence-electron chi connectivity index (χ4n) is 7.15. The molecule has 0 aliphatic rings. The van der Waals surface area contributed by atoms with Crippen molar-refractivity contribution in [3.8, 4) is 28.5 Å². The lowest BCUT2D eigenvalue weighted by atomic mass is 10.1. The van der Waals surface area contributed by atoms with Gasteiger partial charge in [-0.15, -0.1) is 0 Å². The van der Waals surface area contributed by atoms with Crippen LogP contribution in [0.4, 0.5) is 0 Å². The lowest BCUT2D eigenvalue weighted by molar-refractivity contribution is 1.09. The number of nitrogens with one attached hydrogen (secondary N) is 1. The van der Waals surface area contributed by atoms with Gasteiger partial charge in [-0.05, 0) is 54.6 Å². The number of benzene rings is 6. The van der Waals surface area contributed by atoms with Crippen molar-refractivity contribution >= 4 is 49.6 Å². The standard InChI is InChI=1S/C44H31N5.C2H6/c1-2-3-25-38(45)31-18-15-23-34(29-31)47-39-26-14-13-24-35(39)36-27-28-37-41(40(36)47)48(32-19-9-5-10-20-32)44-42(37)49(33-21-11-6-12-22-33)43(46-44)30-16-7-4-8-17-30;1-2/h2-29,45H,1H2;1-2H3/b25-3-,45-38?;. The second-order valence-electron chi connectivity index (χ2n) is 12.1. The Labute approximate surface area is 297 Å². The van der Waals surface area contributed by atoms with Crippen LogP contribution in [0.5, 0.6) is 0 Å². The molecule has 1 N–H and O–H groups in total. The van der Waals surface area contributed by atoms with Gasteiger partial charge in [0.05, 0.1) is 22.3 Å². The van der Waals surface area contributed by atoms with Crippen molar-refractivity contribution in [1.82, 2.24) is 18.7 Å². The second-order valence-corrected chi connectivity index (χ2v) is 12.1. The summed E-state index contributed by atoms with van der Waals surface area (Å²) >= 11 is 0. The van der Waals surface area contributed by atoms with Gasteiger partial charge in [0.1, 0.15) is 11.3 Å². The first-order valence-corrected chi connectivity index (χ1v) is 17.4. The quantitative estimate of drug-likeness (QED) is 0.134. The van der Waals surface area contributed by atoms with Crippen molar-refractivity contribution in [3.63, 3.8) is 0 Å². The summed E-state index contributed by atoms with van der Waals surface area (Å²) < 4.78 is 6.98. The molecule has 0 aliphatic carbocycles. The fourth-order valence-corrected chi connectivity index (χ4v) is 7.15. The summed E-state index contributed by atoms with van der Waals surface area (Å²) in [6.45, 7) is 7.78. The third kappa shape index (κ3) is 5.18. The van der Waals surface area contributed by atoms with Gasteiger partial charge in [-0.3, -0.25) is 9.13 Å². The number of hydrogen-bond acceptors (Lipinski definition) is 2. The third-order valence-corrected chi connectivity index (χ3v) is 9.23. The molecule has 0 unspecified atom stereocenters. The molecule has 3 aromatic heterocycles. The van der Waals surface area contributed by atoms with Crippen LogP contribution in [0.25, 0.3) is 72.3 Å². The molecule has 9 aromatic rings. The van der Waals surface area contributed by atoms with E-state index in [1.165, 1.54) is 5.39 Å². The minimum atomic E-state index is 0.431. The molecule has 3 heterocycles. The molecule has 0 bridgehead atoms. The van der Waals surface area contributed by atoms with Gasteiger partial charge >= 0.3 is 0 Å². The van der Waals surface area contributed by atoms with E-state index in [-0.39, 0.29) is 0 Å². The number of allylic oxidation sites excluding steroid dienone is 3. The van der Waals surface area contributed by atoms with E-state index in [1.807, 2.05) is 32.0 Å². The molecular formula is C46H37N5. The maximum atomic E-state index is 8.75. The minimum absolute atomic E-state index is 0.431. The van der Waals surface area contributed by atoms with Gasteiger partial charge in [-0.25, -0.2) is 4.98 Å². The monoisotopic (exact) mass is 659 g/mol. The number of para-hydroxylation sites is 3. The summed E-state index contributed by atoms with van der Waals surface area (Å²) in [6.07, 6.45) is 5.28. The van der Waals surface area contributed by atoms with Crippen molar-refractivity contribution in [2.75, 3.05) is 0 Å². The zero-order chi connectivity index (χ0) is 34.9. The lowest BCUT2D eigenvalue weighted by Crippen LogP contribution is -2.01. The first-order chi connectivity index (χ1) is 25.2. The molecule has 0 spiro atoms. The molecule has 246 valence electrons. The van der Waals surface area contributed by atoms with E-state index in [0.29, 0.717) is 5.71 Å². The summed E-state index contributed by atoms with van der Waals surface area (Å²) in [6, 6.07) is 52.8. The zero-order valence-electron chi connectivity index (χ0n) is 28.7. The van der Waals surface area contributed by atoms with Crippen molar-refractivity contribution in [2.45, 2.75) is 13.8 Å². The molecule has 6 aromatic carbocycles. The summed E-state index contributed by atoms with van der Waals surface area (Å²) in [5, 5.41) is 12.2. The van der Waals surface area contributed by atoms with Crippen LogP contribution in [0.2, 0.25) is 0 Å². The minimum Gasteiger partial charge on any atom is -0.307 e. The van der Waals surface area contributed by atoms with Crippen molar-refractivity contribution in [1.29, 1.82) is 5.41 Å². The van der Waals surface area contributed by atoms with Gasteiger partial charge in [-0.1, -0.05) is 136 Å². The maximum Gasteiger partial charge on any atom is 0.165 e. The van der Waals surface area contributed by atoms with Crippen molar-refractivity contribution in [3.05, 3.63) is 182 Å². The Morgan fingerprint density at radius 3 is 1.86 bits per heavy atom. The molecule has 0 atom stereocenters. The Balaban J connectivity index is 0.00000184. The van der Waals surface area contributed by atoms with Crippen LogP contribution in [-0.4, -0.2) is 24.4 Å². The van der Waals surface area contributed by atoms with Crippen LogP contribution in [0, 0.1) is 5.41 Å². The topological polar surface area (TPSA) is 51.5 Å². The van der Waals surface area contributed by atoms with Gasteiger partial charge in [0.25, 0.3) is 0 Å². The average molecular weight is 660 g/mol. The Bertz CT molecular complexity index is 2730. The normalized spacial score (nSPS) is 11.4. The smallest absolute Gasteiger partial charge is 0.165 e. The van der Waals surface area contributed by atoms with Gasteiger partial charge in [0, 0.05) is 44.3 Å². The van der Waals surface area contributed by atoms with E-state index in [0.717, 1.165) is 72.5 Å². The number of nitrogens with zero attached hydrogens (tertiary/aromatic N) is 4. The Morgan fingerprint density at radius 2 is 1.16 bits per heavy atom. The highest BCUT2D eigenvalue weighted by atomic mass is 15.2. The molecule has 0 radical (unpaired) electrons. The van der Waals surface area contributed by atoms with Crippen molar-refractivity contribution in [2.24, 2.45) is 0 Å². The fraction of sp³-hybridized carbons (Fsp3) is 0.0435. The van der Waals surface area contributed by atoms with Crippen LogP contribution in [0.15, 0.2) is 176 Å². The van der Waals surface area contributed by atoms with Gasteiger partial charge in [-0.2, -0.15) is 0 Å². The maximum absolute atomic E-state index is 8.75.